The molecule has 0 saturated heterocycles. The summed E-state index contributed by atoms with van der Waals surface area (Å²) in [7, 11) is 0. The number of hydrogen-bond acceptors (Lipinski definition) is 0. The summed E-state index contributed by atoms with van der Waals surface area (Å²) >= 11 is 5.54. The first-order valence-electron chi connectivity index (χ1n) is 4.36. The molecule has 0 fully saturated rings. The maximum Gasteiger partial charge on any atom is 0.0333 e. The van der Waals surface area contributed by atoms with Crippen LogP contribution in [-0.4, -0.2) is 5.88 Å². The Morgan fingerprint density at radius 1 is 1.23 bits per heavy atom. The van der Waals surface area contributed by atoms with Crippen molar-refractivity contribution in [2.45, 2.75) is 20.3 Å². The summed E-state index contributed by atoms with van der Waals surface area (Å²) in [4.78, 5) is 0. The van der Waals surface area contributed by atoms with Crippen molar-refractivity contribution in [1.29, 1.82) is 0 Å². The minimum Gasteiger partial charge on any atom is -0.126 e. The number of alkyl halides is 1. The quantitative estimate of drug-likeness (QED) is 0.473. The number of halogens is 1. The monoisotopic (exact) mass is 192 g/mol. The van der Waals surface area contributed by atoms with E-state index in [1.807, 2.05) is 0 Å². The Morgan fingerprint density at radius 3 is 2.38 bits per heavy atom. The van der Waals surface area contributed by atoms with Crippen LogP contribution >= 0.6 is 11.6 Å². The van der Waals surface area contributed by atoms with E-state index in [0.29, 0.717) is 5.88 Å². The largest absolute Gasteiger partial charge is 0.126 e. The zero-order chi connectivity index (χ0) is 9.68. The summed E-state index contributed by atoms with van der Waals surface area (Å²) in [5.41, 5.74) is 3.62. The summed E-state index contributed by atoms with van der Waals surface area (Å²) in [5.74, 6) is 6.81. The van der Waals surface area contributed by atoms with Crippen molar-refractivity contribution in [3.63, 3.8) is 0 Å². The summed E-state index contributed by atoms with van der Waals surface area (Å²) in [6, 6.07) is 6.22. The Morgan fingerprint density at radius 2 is 1.85 bits per heavy atom. The summed E-state index contributed by atoms with van der Waals surface area (Å²) in [6.45, 7) is 4.16. The van der Waals surface area contributed by atoms with E-state index in [0.717, 1.165) is 12.0 Å². The molecule has 68 valence electrons. The zero-order valence-electron chi connectivity index (χ0n) is 8.02. The van der Waals surface area contributed by atoms with Gasteiger partial charge >= 0.3 is 0 Å². The van der Waals surface area contributed by atoms with E-state index in [-0.39, 0.29) is 0 Å². The van der Waals surface area contributed by atoms with Gasteiger partial charge < -0.3 is 0 Å². The first-order chi connectivity index (χ1) is 6.25. The molecule has 0 aliphatic rings. The SMILES string of the molecule is Cc1cccc(C)c1C#CCCCl. The lowest BCUT2D eigenvalue weighted by Gasteiger charge is -2.00. The van der Waals surface area contributed by atoms with Crippen LogP contribution in [0.5, 0.6) is 0 Å². The molecule has 0 amide bonds. The molecule has 0 atom stereocenters. The van der Waals surface area contributed by atoms with Gasteiger partial charge in [-0.1, -0.05) is 30.0 Å². The van der Waals surface area contributed by atoms with Gasteiger partial charge in [0.05, 0.1) is 0 Å². The Kier molecular flexibility index (Phi) is 3.86. The zero-order valence-corrected chi connectivity index (χ0v) is 8.78. The molecule has 0 saturated carbocycles. The van der Waals surface area contributed by atoms with Crippen molar-refractivity contribution in [3.05, 3.63) is 34.9 Å². The highest BCUT2D eigenvalue weighted by molar-refractivity contribution is 6.18. The smallest absolute Gasteiger partial charge is 0.0333 e. The van der Waals surface area contributed by atoms with E-state index in [1.165, 1.54) is 11.1 Å². The van der Waals surface area contributed by atoms with Gasteiger partial charge in [0.25, 0.3) is 0 Å². The molecule has 0 unspecified atom stereocenters. The molecule has 0 nitrogen and oxygen atoms in total. The average molecular weight is 193 g/mol. The van der Waals surface area contributed by atoms with Gasteiger partial charge in [-0.15, -0.1) is 11.6 Å². The lowest BCUT2D eigenvalue weighted by atomic mass is 10.0. The van der Waals surface area contributed by atoms with E-state index in [9.17, 15) is 0 Å². The maximum atomic E-state index is 5.54. The van der Waals surface area contributed by atoms with Crippen molar-refractivity contribution in [1.82, 2.24) is 0 Å². The molecule has 0 aliphatic heterocycles. The van der Waals surface area contributed by atoms with Crippen LogP contribution in [0.15, 0.2) is 18.2 Å². The fraction of sp³-hybridized carbons (Fsp3) is 0.333. The minimum atomic E-state index is 0.609. The molecule has 1 heteroatoms. The van der Waals surface area contributed by atoms with Crippen LogP contribution in [0, 0.1) is 25.7 Å². The second kappa shape index (κ2) is 4.94. The molecule has 0 heterocycles. The molecular formula is C12H13Cl. The third-order valence-corrected chi connectivity index (χ3v) is 2.10. The fourth-order valence-electron chi connectivity index (χ4n) is 1.21. The van der Waals surface area contributed by atoms with E-state index < -0.39 is 0 Å². The number of rotatable bonds is 1. The van der Waals surface area contributed by atoms with Crippen LogP contribution in [0.25, 0.3) is 0 Å². The van der Waals surface area contributed by atoms with Crippen molar-refractivity contribution >= 4 is 11.6 Å². The van der Waals surface area contributed by atoms with Crippen LogP contribution in [0.4, 0.5) is 0 Å². The predicted octanol–water partition coefficient (Wildman–Crippen LogP) is 3.28. The normalized spacial score (nSPS) is 9.15. The van der Waals surface area contributed by atoms with Gasteiger partial charge in [0.2, 0.25) is 0 Å². The standard InChI is InChI=1S/C12H13Cl/c1-10-6-5-7-11(2)12(10)8-3-4-9-13/h5-7H,4,9H2,1-2H3. The van der Waals surface area contributed by atoms with Gasteiger partial charge in [0.15, 0.2) is 0 Å². The van der Waals surface area contributed by atoms with Crippen LogP contribution in [-0.2, 0) is 0 Å². The maximum absolute atomic E-state index is 5.54. The second-order valence-corrected chi connectivity index (χ2v) is 3.39. The Labute approximate surface area is 84.9 Å². The lowest BCUT2D eigenvalue weighted by molar-refractivity contribution is 1.28. The highest BCUT2D eigenvalue weighted by Gasteiger charge is 1.96. The highest BCUT2D eigenvalue weighted by Crippen LogP contribution is 2.11. The third kappa shape index (κ3) is 2.79. The first-order valence-corrected chi connectivity index (χ1v) is 4.90. The summed E-state index contributed by atoms with van der Waals surface area (Å²) in [6.07, 6.45) is 0.759. The molecule has 0 radical (unpaired) electrons. The van der Waals surface area contributed by atoms with Gasteiger partial charge in [-0.2, -0.15) is 0 Å². The van der Waals surface area contributed by atoms with Crippen LogP contribution < -0.4 is 0 Å². The first kappa shape index (κ1) is 10.2. The van der Waals surface area contributed by atoms with Crippen molar-refractivity contribution < 1.29 is 0 Å². The second-order valence-electron chi connectivity index (χ2n) is 3.01. The van der Waals surface area contributed by atoms with Gasteiger partial charge in [0.1, 0.15) is 0 Å². The summed E-state index contributed by atoms with van der Waals surface area (Å²) in [5, 5.41) is 0. The Balaban J connectivity index is 2.95. The minimum absolute atomic E-state index is 0.609. The van der Waals surface area contributed by atoms with Gasteiger partial charge in [-0.05, 0) is 25.0 Å². The lowest BCUT2D eigenvalue weighted by Crippen LogP contribution is -1.86. The topological polar surface area (TPSA) is 0 Å². The van der Waals surface area contributed by atoms with Crippen molar-refractivity contribution in [2.75, 3.05) is 5.88 Å². The van der Waals surface area contributed by atoms with E-state index in [2.05, 4.69) is 43.9 Å². The van der Waals surface area contributed by atoms with E-state index in [1.54, 1.807) is 0 Å². The molecule has 0 aromatic heterocycles. The third-order valence-electron chi connectivity index (χ3n) is 1.91. The van der Waals surface area contributed by atoms with Crippen LogP contribution in [0.3, 0.4) is 0 Å². The average Bonchev–Trinajstić information content (AvgIpc) is 2.10. The van der Waals surface area contributed by atoms with Crippen LogP contribution in [0.2, 0.25) is 0 Å². The van der Waals surface area contributed by atoms with E-state index in [4.69, 9.17) is 11.6 Å². The van der Waals surface area contributed by atoms with Crippen LogP contribution in [0.1, 0.15) is 23.1 Å². The van der Waals surface area contributed by atoms with Crippen molar-refractivity contribution in [2.24, 2.45) is 0 Å². The number of benzene rings is 1. The van der Waals surface area contributed by atoms with Crippen molar-refractivity contribution in [3.8, 4) is 11.8 Å². The molecule has 0 spiro atoms. The fourth-order valence-corrected chi connectivity index (χ4v) is 1.30. The van der Waals surface area contributed by atoms with Gasteiger partial charge in [-0.3, -0.25) is 0 Å². The number of hydrogen-bond donors (Lipinski definition) is 0. The Hall–Kier alpha value is -0.930. The molecule has 13 heavy (non-hydrogen) atoms. The highest BCUT2D eigenvalue weighted by atomic mass is 35.5. The van der Waals surface area contributed by atoms with E-state index >= 15 is 0 Å². The number of aryl methyl sites for hydroxylation is 2. The van der Waals surface area contributed by atoms with Gasteiger partial charge in [0, 0.05) is 17.9 Å². The molecule has 0 aliphatic carbocycles. The summed E-state index contributed by atoms with van der Waals surface area (Å²) < 4.78 is 0. The predicted molar refractivity (Wildman–Crippen MR) is 58.1 cm³/mol. The molecular weight excluding hydrogens is 180 g/mol. The van der Waals surface area contributed by atoms with Gasteiger partial charge in [-0.25, -0.2) is 0 Å². The Bertz CT molecular complexity index is 322. The molecule has 1 rings (SSSR count). The molecule has 1 aromatic rings. The molecule has 1 aromatic carbocycles. The molecule has 0 bridgehead atoms. The molecule has 0 N–H and O–H groups in total.